The quantitative estimate of drug-likeness (QED) is 0.477. The Bertz CT molecular complexity index is 527. The van der Waals surface area contributed by atoms with E-state index in [4.69, 9.17) is 10.4 Å². The Hall–Kier alpha value is -1.78. The van der Waals surface area contributed by atoms with Crippen LogP contribution < -0.4 is 11.2 Å². The van der Waals surface area contributed by atoms with Gasteiger partial charge in [-0.15, -0.1) is 0 Å². The number of hydrogen-bond donors (Lipinski definition) is 1. The number of anilines is 1. The van der Waals surface area contributed by atoms with Gasteiger partial charge in [-0.2, -0.15) is 0 Å². The molecular weight excluding hydrogens is 277 g/mol. The average molecular weight is 301 g/mol. The van der Waals surface area contributed by atoms with Gasteiger partial charge < -0.3 is 15.2 Å². The van der Waals surface area contributed by atoms with Gasteiger partial charge in [-0.25, -0.2) is 0 Å². The third-order valence-electron chi connectivity index (χ3n) is 4.55. The molecule has 1 fully saturated rings. The standard InChI is InChI=1S/C17H24BNO3/c1-13-7-8-15(10-17(13)19)18(22-12-20)11-16(21)9-14-5-3-2-4-6-14/h7-8,10,12,14H,2-6,9,11,19H2,1H3. The topological polar surface area (TPSA) is 69.4 Å². The molecule has 1 aromatic carbocycles. The number of nitrogens with two attached hydrogens (primary N) is 1. The van der Waals surface area contributed by atoms with Crippen LogP contribution in [-0.2, 0) is 14.2 Å². The van der Waals surface area contributed by atoms with E-state index in [9.17, 15) is 9.59 Å². The van der Waals surface area contributed by atoms with E-state index in [0.29, 0.717) is 24.5 Å². The van der Waals surface area contributed by atoms with Gasteiger partial charge in [0.1, 0.15) is 5.78 Å². The van der Waals surface area contributed by atoms with E-state index in [-0.39, 0.29) is 12.1 Å². The monoisotopic (exact) mass is 301 g/mol. The minimum absolute atomic E-state index is 0.165. The molecule has 0 radical (unpaired) electrons. The van der Waals surface area contributed by atoms with Crippen LogP contribution in [0.1, 0.15) is 44.1 Å². The van der Waals surface area contributed by atoms with Crippen LogP contribution in [-0.4, -0.2) is 19.2 Å². The van der Waals surface area contributed by atoms with Crippen molar-refractivity contribution in [1.29, 1.82) is 0 Å². The zero-order chi connectivity index (χ0) is 15.9. The van der Waals surface area contributed by atoms with Crippen molar-refractivity contribution in [3.63, 3.8) is 0 Å². The van der Waals surface area contributed by atoms with Crippen LogP contribution in [0.4, 0.5) is 5.69 Å². The number of carbonyl (C=O) groups is 2. The van der Waals surface area contributed by atoms with Gasteiger partial charge in [-0.1, -0.05) is 44.2 Å². The van der Waals surface area contributed by atoms with Gasteiger partial charge in [0.05, 0.1) is 0 Å². The van der Waals surface area contributed by atoms with Crippen molar-refractivity contribution in [3.05, 3.63) is 23.8 Å². The molecule has 0 spiro atoms. The highest BCUT2D eigenvalue weighted by atomic mass is 16.5. The molecule has 118 valence electrons. The summed E-state index contributed by atoms with van der Waals surface area (Å²) in [7, 11) is 0. The average Bonchev–Trinajstić information content (AvgIpc) is 2.50. The van der Waals surface area contributed by atoms with Crippen LogP contribution in [0.25, 0.3) is 0 Å². The number of rotatable bonds is 7. The number of hydrogen-bond acceptors (Lipinski definition) is 4. The van der Waals surface area contributed by atoms with Crippen molar-refractivity contribution >= 4 is 30.3 Å². The highest BCUT2D eigenvalue weighted by Crippen LogP contribution is 2.27. The Balaban J connectivity index is 1.99. The van der Waals surface area contributed by atoms with Crippen LogP contribution in [0.3, 0.4) is 0 Å². The Morgan fingerprint density at radius 3 is 2.73 bits per heavy atom. The van der Waals surface area contributed by atoms with Crippen molar-refractivity contribution < 1.29 is 14.2 Å². The van der Waals surface area contributed by atoms with Crippen molar-refractivity contribution in [2.24, 2.45) is 5.92 Å². The minimum Gasteiger partial charge on any atom is -0.533 e. The molecule has 2 rings (SSSR count). The molecule has 1 aliphatic carbocycles. The van der Waals surface area contributed by atoms with E-state index in [2.05, 4.69) is 0 Å². The first-order chi connectivity index (χ1) is 10.6. The molecule has 0 aliphatic heterocycles. The summed E-state index contributed by atoms with van der Waals surface area (Å²) in [6, 6.07) is 5.54. The molecule has 0 bridgehead atoms. The van der Waals surface area contributed by atoms with E-state index in [0.717, 1.165) is 23.9 Å². The lowest BCUT2D eigenvalue weighted by molar-refractivity contribution is -0.121. The predicted octanol–water partition coefficient (Wildman–Crippen LogP) is 2.49. The Labute approximate surface area is 132 Å². The highest BCUT2D eigenvalue weighted by molar-refractivity contribution is 6.71. The van der Waals surface area contributed by atoms with Gasteiger partial charge in [0, 0.05) is 18.4 Å². The van der Waals surface area contributed by atoms with Crippen LogP contribution in [0.2, 0.25) is 6.32 Å². The maximum absolute atomic E-state index is 12.3. The molecule has 4 nitrogen and oxygen atoms in total. The molecule has 0 amide bonds. The van der Waals surface area contributed by atoms with E-state index in [1.165, 1.54) is 19.3 Å². The molecular formula is C17H24BNO3. The normalized spacial score (nSPS) is 15.3. The first-order valence-corrected chi connectivity index (χ1v) is 8.07. The van der Waals surface area contributed by atoms with Crippen molar-refractivity contribution in [3.8, 4) is 0 Å². The molecule has 1 aliphatic rings. The summed E-state index contributed by atoms with van der Waals surface area (Å²) in [5.74, 6) is 0.666. The molecule has 0 heterocycles. The van der Waals surface area contributed by atoms with Crippen molar-refractivity contribution in [2.75, 3.05) is 5.73 Å². The fourth-order valence-corrected chi connectivity index (χ4v) is 3.17. The molecule has 0 saturated heterocycles. The third kappa shape index (κ3) is 4.62. The summed E-state index contributed by atoms with van der Waals surface area (Å²) < 4.78 is 5.13. The van der Waals surface area contributed by atoms with Crippen molar-refractivity contribution in [2.45, 2.75) is 51.8 Å². The molecule has 5 heteroatoms. The third-order valence-corrected chi connectivity index (χ3v) is 4.55. The fourth-order valence-electron chi connectivity index (χ4n) is 3.17. The maximum Gasteiger partial charge on any atom is 0.402 e. The van der Waals surface area contributed by atoms with Gasteiger partial charge in [0.2, 0.25) is 0 Å². The second-order valence-electron chi connectivity index (χ2n) is 6.29. The summed E-state index contributed by atoms with van der Waals surface area (Å²) >= 11 is 0. The molecule has 22 heavy (non-hydrogen) atoms. The first kappa shape index (κ1) is 16.6. The summed E-state index contributed by atoms with van der Waals surface area (Å²) in [5.41, 5.74) is 8.31. The zero-order valence-electron chi connectivity index (χ0n) is 13.2. The summed E-state index contributed by atoms with van der Waals surface area (Å²) in [6.07, 6.45) is 6.84. The number of Topliss-reactive ketones (excluding diaryl/α,β-unsaturated/α-hetero) is 1. The Morgan fingerprint density at radius 1 is 1.36 bits per heavy atom. The largest absolute Gasteiger partial charge is 0.533 e. The molecule has 1 saturated carbocycles. The summed E-state index contributed by atoms with van der Waals surface area (Å²) in [6.45, 7) is 1.80. The first-order valence-electron chi connectivity index (χ1n) is 8.07. The minimum atomic E-state index is -0.531. The van der Waals surface area contributed by atoms with Crippen LogP contribution in [0, 0.1) is 12.8 Å². The summed E-state index contributed by atoms with van der Waals surface area (Å²) in [5, 5.41) is 0. The summed E-state index contributed by atoms with van der Waals surface area (Å²) in [4.78, 5) is 23.0. The van der Waals surface area contributed by atoms with E-state index in [1.807, 2.05) is 19.1 Å². The lowest BCUT2D eigenvalue weighted by Crippen LogP contribution is -2.36. The number of benzene rings is 1. The second kappa shape index (κ2) is 8.02. The van der Waals surface area contributed by atoms with Crippen molar-refractivity contribution in [1.82, 2.24) is 0 Å². The molecule has 0 unspecified atom stereocenters. The van der Waals surface area contributed by atoms with Crippen LogP contribution >= 0.6 is 0 Å². The lowest BCUT2D eigenvalue weighted by atomic mass is 9.56. The predicted molar refractivity (Wildman–Crippen MR) is 89.1 cm³/mol. The molecule has 0 atom stereocenters. The van der Waals surface area contributed by atoms with Gasteiger partial charge in [-0.05, 0) is 29.9 Å². The zero-order valence-corrected chi connectivity index (χ0v) is 13.2. The van der Waals surface area contributed by atoms with Gasteiger partial charge in [-0.3, -0.25) is 4.79 Å². The van der Waals surface area contributed by atoms with Crippen LogP contribution in [0.5, 0.6) is 0 Å². The molecule has 2 N–H and O–H groups in total. The number of carbonyl (C=O) groups excluding carboxylic acids is 2. The molecule has 0 aromatic heterocycles. The maximum atomic E-state index is 12.3. The van der Waals surface area contributed by atoms with E-state index in [1.54, 1.807) is 6.07 Å². The van der Waals surface area contributed by atoms with Gasteiger partial charge >= 0.3 is 6.92 Å². The van der Waals surface area contributed by atoms with Gasteiger partial charge in [0.15, 0.2) is 0 Å². The van der Waals surface area contributed by atoms with Gasteiger partial charge in [0.25, 0.3) is 6.47 Å². The smallest absolute Gasteiger partial charge is 0.402 e. The SMILES string of the molecule is Cc1ccc(B(CC(=O)CC2CCCCC2)OC=O)cc1N. The fraction of sp³-hybridized carbons (Fsp3) is 0.529. The Kier molecular flexibility index (Phi) is 6.05. The molecule has 1 aromatic rings. The number of ketones is 1. The Morgan fingerprint density at radius 2 is 2.09 bits per heavy atom. The lowest BCUT2D eigenvalue weighted by Gasteiger charge is -2.21. The number of aryl methyl sites for hydroxylation is 1. The highest BCUT2D eigenvalue weighted by Gasteiger charge is 2.26. The van der Waals surface area contributed by atoms with E-state index < -0.39 is 6.92 Å². The second-order valence-corrected chi connectivity index (χ2v) is 6.29. The van der Waals surface area contributed by atoms with Crippen LogP contribution in [0.15, 0.2) is 18.2 Å². The van der Waals surface area contributed by atoms with E-state index >= 15 is 0 Å². The number of nitrogen functional groups attached to an aromatic ring is 1.